The summed E-state index contributed by atoms with van der Waals surface area (Å²) in [5, 5.41) is 9.46. The molecule has 0 aliphatic carbocycles. The molecule has 0 saturated carbocycles. The first-order valence-corrected chi connectivity index (χ1v) is 5.20. The molecule has 16 heavy (non-hydrogen) atoms. The molecular weight excluding hydrogens is 228 g/mol. The zero-order valence-electron chi connectivity index (χ0n) is 9.21. The molecule has 0 amide bonds. The molecule has 0 aromatic heterocycles. The van der Waals surface area contributed by atoms with Crippen molar-refractivity contribution in [1.82, 2.24) is 0 Å². The Hall–Kier alpha value is -1.48. The number of carbonyl (C=O) groups is 1. The Kier molecular flexibility index (Phi) is 3.96. The van der Waals surface area contributed by atoms with Crippen LogP contribution in [0.15, 0.2) is 18.7 Å². The van der Waals surface area contributed by atoms with E-state index in [2.05, 4.69) is 6.58 Å². The zero-order valence-corrected chi connectivity index (χ0v) is 9.97. The lowest BCUT2D eigenvalue weighted by molar-refractivity contribution is 0.0696. The molecule has 4 heteroatoms. The van der Waals surface area contributed by atoms with Crippen LogP contribution in [0.1, 0.15) is 28.4 Å². The van der Waals surface area contributed by atoms with Gasteiger partial charge in [0.25, 0.3) is 0 Å². The zero-order chi connectivity index (χ0) is 12.3. The Balaban J connectivity index is 3.30. The summed E-state index contributed by atoms with van der Waals surface area (Å²) < 4.78 is 5.21. The maximum Gasteiger partial charge on any atom is 0.336 e. The molecular formula is C12H13ClO3. The first-order chi connectivity index (χ1) is 7.47. The minimum absolute atomic E-state index is 0.106. The molecule has 3 nitrogen and oxygen atoms in total. The van der Waals surface area contributed by atoms with Crippen LogP contribution >= 0.6 is 11.6 Å². The SMILES string of the molecule is C=C(OCC)c1cc(C)c(Cl)cc1C(=O)O. The lowest BCUT2D eigenvalue weighted by Crippen LogP contribution is -2.04. The van der Waals surface area contributed by atoms with Crippen LogP contribution in [-0.4, -0.2) is 17.7 Å². The summed E-state index contributed by atoms with van der Waals surface area (Å²) in [7, 11) is 0. The third-order valence-electron chi connectivity index (χ3n) is 2.15. The van der Waals surface area contributed by atoms with E-state index in [1.807, 2.05) is 6.92 Å². The van der Waals surface area contributed by atoms with Gasteiger partial charge in [-0.2, -0.15) is 0 Å². The van der Waals surface area contributed by atoms with Crippen LogP contribution in [0, 0.1) is 6.92 Å². The highest BCUT2D eigenvalue weighted by molar-refractivity contribution is 6.31. The van der Waals surface area contributed by atoms with Gasteiger partial charge in [0.2, 0.25) is 0 Å². The van der Waals surface area contributed by atoms with E-state index in [4.69, 9.17) is 21.4 Å². The van der Waals surface area contributed by atoms with E-state index in [-0.39, 0.29) is 5.56 Å². The fraction of sp³-hybridized carbons (Fsp3) is 0.250. The largest absolute Gasteiger partial charge is 0.494 e. The predicted molar refractivity (Wildman–Crippen MR) is 63.8 cm³/mol. The highest BCUT2D eigenvalue weighted by Gasteiger charge is 2.15. The topological polar surface area (TPSA) is 46.5 Å². The van der Waals surface area contributed by atoms with E-state index >= 15 is 0 Å². The van der Waals surface area contributed by atoms with Crippen LogP contribution in [0.5, 0.6) is 0 Å². The number of rotatable bonds is 4. The number of hydrogen-bond donors (Lipinski definition) is 1. The van der Waals surface area contributed by atoms with Crippen molar-refractivity contribution in [3.63, 3.8) is 0 Å². The van der Waals surface area contributed by atoms with Gasteiger partial charge in [0.05, 0.1) is 12.2 Å². The molecule has 0 aliphatic heterocycles. The number of aryl methyl sites for hydroxylation is 1. The van der Waals surface area contributed by atoms with E-state index in [1.165, 1.54) is 6.07 Å². The van der Waals surface area contributed by atoms with Gasteiger partial charge in [0.15, 0.2) is 0 Å². The molecule has 0 radical (unpaired) electrons. The normalized spacial score (nSPS) is 9.94. The second-order valence-corrected chi connectivity index (χ2v) is 3.72. The van der Waals surface area contributed by atoms with Crippen LogP contribution in [0.4, 0.5) is 0 Å². The van der Waals surface area contributed by atoms with Crippen molar-refractivity contribution in [2.24, 2.45) is 0 Å². The molecule has 86 valence electrons. The van der Waals surface area contributed by atoms with Gasteiger partial charge in [-0.15, -0.1) is 0 Å². The molecule has 0 bridgehead atoms. The lowest BCUT2D eigenvalue weighted by atomic mass is 10.0. The van der Waals surface area contributed by atoms with Crippen molar-refractivity contribution in [3.8, 4) is 0 Å². The van der Waals surface area contributed by atoms with Crippen molar-refractivity contribution in [2.45, 2.75) is 13.8 Å². The molecule has 0 unspecified atom stereocenters. The Morgan fingerprint density at radius 2 is 2.12 bits per heavy atom. The van der Waals surface area contributed by atoms with E-state index in [0.29, 0.717) is 23.0 Å². The minimum Gasteiger partial charge on any atom is -0.494 e. The molecule has 0 fully saturated rings. The van der Waals surface area contributed by atoms with Crippen LogP contribution in [0.3, 0.4) is 0 Å². The summed E-state index contributed by atoms with van der Waals surface area (Å²) in [4.78, 5) is 11.0. The quantitative estimate of drug-likeness (QED) is 0.821. The van der Waals surface area contributed by atoms with Crippen molar-refractivity contribution < 1.29 is 14.6 Å². The second kappa shape index (κ2) is 5.03. The summed E-state index contributed by atoms with van der Waals surface area (Å²) in [6.07, 6.45) is 0. The molecule has 1 aromatic rings. The fourth-order valence-electron chi connectivity index (χ4n) is 1.34. The van der Waals surface area contributed by atoms with Crippen LogP contribution in [0.2, 0.25) is 5.02 Å². The van der Waals surface area contributed by atoms with Gasteiger partial charge in [-0.3, -0.25) is 0 Å². The van der Waals surface area contributed by atoms with Gasteiger partial charge in [-0.05, 0) is 31.5 Å². The molecule has 0 atom stereocenters. The monoisotopic (exact) mass is 240 g/mol. The van der Waals surface area contributed by atoms with Gasteiger partial charge in [0, 0.05) is 10.6 Å². The summed E-state index contributed by atoms with van der Waals surface area (Å²) in [5.41, 5.74) is 1.37. The number of carboxylic acid groups (broad SMARTS) is 1. The van der Waals surface area contributed by atoms with Crippen molar-refractivity contribution in [2.75, 3.05) is 6.61 Å². The first-order valence-electron chi connectivity index (χ1n) is 4.82. The van der Waals surface area contributed by atoms with Crippen LogP contribution in [-0.2, 0) is 4.74 Å². The highest BCUT2D eigenvalue weighted by atomic mass is 35.5. The van der Waals surface area contributed by atoms with Gasteiger partial charge >= 0.3 is 5.97 Å². The molecule has 1 N–H and O–H groups in total. The number of carboxylic acids is 1. The maximum absolute atomic E-state index is 11.0. The maximum atomic E-state index is 11.0. The second-order valence-electron chi connectivity index (χ2n) is 3.31. The number of aromatic carboxylic acids is 1. The van der Waals surface area contributed by atoms with E-state index in [0.717, 1.165) is 5.56 Å². The highest BCUT2D eigenvalue weighted by Crippen LogP contribution is 2.26. The molecule has 1 rings (SSSR count). The number of halogens is 1. The standard InChI is InChI=1S/C12H13ClO3/c1-4-16-8(3)9-5-7(2)11(13)6-10(9)12(14)15/h5-6H,3-4H2,1-2H3,(H,14,15). The Labute approximate surface area is 99.3 Å². The van der Waals surface area contributed by atoms with Gasteiger partial charge in [-0.25, -0.2) is 4.79 Å². The molecule has 0 heterocycles. The minimum atomic E-state index is -1.04. The van der Waals surface area contributed by atoms with Crippen LogP contribution in [0.25, 0.3) is 5.76 Å². The molecule has 0 spiro atoms. The summed E-state index contributed by atoms with van der Waals surface area (Å²) in [5.74, 6) is -0.697. The van der Waals surface area contributed by atoms with E-state index < -0.39 is 5.97 Å². The van der Waals surface area contributed by atoms with E-state index in [1.54, 1.807) is 13.0 Å². The fourth-order valence-corrected chi connectivity index (χ4v) is 1.50. The third kappa shape index (κ3) is 2.55. The average molecular weight is 241 g/mol. The van der Waals surface area contributed by atoms with Gasteiger partial charge < -0.3 is 9.84 Å². The molecule has 0 aliphatic rings. The predicted octanol–water partition coefficient (Wildman–Crippen LogP) is 3.35. The number of ether oxygens (including phenoxy) is 1. The van der Waals surface area contributed by atoms with Crippen molar-refractivity contribution in [1.29, 1.82) is 0 Å². The summed E-state index contributed by atoms with van der Waals surface area (Å²) >= 11 is 5.88. The first kappa shape index (κ1) is 12.6. The average Bonchev–Trinajstić information content (AvgIpc) is 2.21. The van der Waals surface area contributed by atoms with Crippen molar-refractivity contribution in [3.05, 3.63) is 40.4 Å². The number of benzene rings is 1. The van der Waals surface area contributed by atoms with Gasteiger partial charge in [0.1, 0.15) is 5.76 Å². The Bertz CT molecular complexity index is 438. The summed E-state index contributed by atoms with van der Waals surface area (Å²) in [6.45, 7) is 7.76. The van der Waals surface area contributed by atoms with Crippen LogP contribution < -0.4 is 0 Å². The van der Waals surface area contributed by atoms with E-state index in [9.17, 15) is 4.79 Å². The number of hydrogen-bond acceptors (Lipinski definition) is 2. The lowest BCUT2D eigenvalue weighted by Gasteiger charge is -2.11. The van der Waals surface area contributed by atoms with Gasteiger partial charge in [-0.1, -0.05) is 18.2 Å². The Morgan fingerprint density at radius 3 is 2.62 bits per heavy atom. The smallest absolute Gasteiger partial charge is 0.336 e. The summed E-state index contributed by atoms with van der Waals surface area (Å²) in [6, 6.07) is 3.09. The molecule has 1 aromatic carbocycles. The van der Waals surface area contributed by atoms with Crippen molar-refractivity contribution >= 4 is 23.3 Å². The Morgan fingerprint density at radius 1 is 1.50 bits per heavy atom. The molecule has 0 saturated heterocycles. The third-order valence-corrected chi connectivity index (χ3v) is 2.56.